The first-order chi connectivity index (χ1) is 25.4. The van der Waals surface area contributed by atoms with Crippen molar-refractivity contribution >= 4 is 131 Å². The number of fused-ring (bicyclic) bond motifs is 8. The zero-order chi connectivity index (χ0) is 35.3. The molecule has 0 aromatic carbocycles. The van der Waals surface area contributed by atoms with E-state index in [2.05, 4.69) is 180 Å². The number of aromatic amines is 2. The van der Waals surface area contributed by atoms with Gasteiger partial charge in [-0.15, -0.1) is 62.0 Å². The Morgan fingerprint density at radius 2 is 0.596 bits per heavy atom. The number of H-pyrrole nitrogens is 2. The summed E-state index contributed by atoms with van der Waals surface area (Å²) in [5.41, 5.74) is 16.7. The third-order valence-corrected chi connectivity index (χ3v) is 10.3. The molecule has 8 bridgehead atoms. The highest BCUT2D eigenvalue weighted by Gasteiger charge is 2.21. The fourth-order valence-electron chi connectivity index (χ4n) is 7.48. The van der Waals surface area contributed by atoms with Crippen LogP contribution in [0.3, 0.4) is 0 Å². The molecule has 13 heteroatoms. The van der Waals surface area contributed by atoms with Crippen LogP contribution in [0.4, 0.5) is 0 Å². The van der Waals surface area contributed by atoms with E-state index in [-0.39, 0.29) is 62.0 Å². The molecule has 6 aliphatic heterocycles. The number of hydrogen-bond acceptors (Lipinski definition) is 6. The van der Waals surface area contributed by atoms with E-state index in [0.717, 1.165) is 116 Å². The number of allylic oxidation sites excluding steroid dienone is 8. The van der Waals surface area contributed by atoms with Gasteiger partial charge in [0, 0.05) is 98.7 Å². The highest BCUT2D eigenvalue weighted by Crippen LogP contribution is 2.36. The van der Waals surface area contributed by atoms with E-state index < -0.39 is 0 Å². The maximum absolute atomic E-state index is 5.43. The molecular weight excluding hydrogens is 818 g/mol. The van der Waals surface area contributed by atoms with Gasteiger partial charge in [0.25, 0.3) is 0 Å². The Bertz CT molecular complexity index is 2170. The minimum atomic E-state index is 0. The van der Waals surface area contributed by atoms with Gasteiger partial charge in [0.05, 0.1) is 22.8 Å². The average molecular weight is 865 g/mol. The number of nitrogens with one attached hydrogen (secondary N) is 2. The predicted octanol–water partition coefficient (Wildman–Crippen LogP) is 10.1. The number of likely N-dealkylation sites (N-methyl/N-ethyl adjacent to an activating group) is 4. The zero-order valence-electron chi connectivity index (χ0n) is 32.1. The summed E-state index contributed by atoms with van der Waals surface area (Å²) in [6, 6.07) is 8.79. The minimum absolute atomic E-state index is 0. The van der Waals surface area contributed by atoms with Crippen LogP contribution in [0.1, 0.15) is 45.0 Å². The lowest BCUT2D eigenvalue weighted by molar-refractivity contribution is 0.506. The molecule has 298 valence electrons. The lowest BCUT2D eigenvalue weighted by Gasteiger charge is -2.18. The number of nitrogens with zero attached hydrogens (tertiary/aromatic N) is 6. The molecular formula is C44H47Cl5N8. The predicted molar refractivity (Wildman–Crippen MR) is 254 cm³/mol. The Kier molecular flexibility index (Phi) is 14.7. The largest absolute Gasteiger partial charge is 0.377 e. The van der Waals surface area contributed by atoms with Crippen LogP contribution in [0.5, 0.6) is 0 Å². The Hall–Kier alpha value is -4.83. The van der Waals surface area contributed by atoms with E-state index in [0.29, 0.717) is 0 Å². The monoisotopic (exact) mass is 862 g/mol. The summed E-state index contributed by atoms with van der Waals surface area (Å²) < 4.78 is 0. The van der Waals surface area contributed by atoms with Crippen LogP contribution < -0.4 is 0 Å². The maximum atomic E-state index is 5.43. The lowest BCUT2D eigenvalue weighted by Crippen LogP contribution is -2.13. The van der Waals surface area contributed by atoms with Crippen molar-refractivity contribution < 1.29 is 0 Å². The van der Waals surface area contributed by atoms with Crippen LogP contribution in [-0.2, 0) is 0 Å². The molecule has 0 amide bonds. The Balaban J connectivity index is 0.00000144. The van der Waals surface area contributed by atoms with Gasteiger partial charge in [-0.3, -0.25) is 0 Å². The third-order valence-electron chi connectivity index (χ3n) is 10.3. The first kappa shape index (κ1) is 44.9. The fourth-order valence-corrected chi connectivity index (χ4v) is 7.48. The standard InChI is InChI=1S/C44H42N8.5ClH/c1-49-21-13-29(14-22-49)41-33-5-7-35(45-33)42(30-15-23-50(2)24-16-30)37-9-11-39(47-37)44(32-19-27-52(4)28-20-32)40-12-10-38(48-40)43(36-8-6-34(41)46-36)31-17-25-51(3)26-18-31;;;;;/h5-21,23,25,27,45,48H,22,24,26,28H2,1-4H3;5*1H. The van der Waals surface area contributed by atoms with Gasteiger partial charge in [-0.2, -0.15) is 0 Å². The first-order valence-corrected chi connectivity index (χ1v) is 17.9. The van der Waals surface area contributed by atoms with Gasteiger partial charge < -0.3 is 29.6 Å². The fraction of sp³-hybridized carbons (Fsp3) is 0.182. The quantitative estimate of drug-likeness (QED) is 0.188. The van der Waals surface area contributed by atoms with Gasteiger partial charge in [0.2, 0.25) is 0 Å². The van der Waals surface area contributed by atoms with E-state index in [1.165, 1.54) is 0 Å². The number of halogens is 5. The van der Waals surface area contributed by atoms with E-state index in [1.807, 2.05) is 0 Å². The second-order valence-corrected chi connectivity index (χ2v) is 14.2. The third kappa shape index (κ3) is 8.71. The van der Waals surface area contributed by atoms with Crippen LogP contribution in [0, 0.1) is 0 Å². The normalized spacial score (nSPS) is 16.4. The molecule has 3 aromatic rings. The van der Waals surface area contributed by atoms with Gasteiger partial charge in [-0.05, 0) is 120 Å². The maximum Gasteiger partial charge on any atom is 0.0737 e. The van der Waals surface area contributed by atoms with Crippen molar-refractivity contribution in [3.63, 3.8) is 0 Å². The van der Waals surface area contributed by atoms with Crippen LogP contribution >= 0.6 is 62.0 Å². The Labute approximate surface area is 365 Å². The van der Waals surface area contributed by atoms with Crippen molar-refractivity contribution in [1.82, 2.24) is 39.5 Å². The molecule has 8 nitrogen and oxygen atoms in total. The summed E-state index contributed by atoms with van der Waals surface area (Å²) in [6.45, 7) is 3.31. The van der Waals surface area contributed by atoms with Gasteiger partial charge in [0.1, 0.15) is 0 Å². The van der Waals surface area contributed by atoms with Gasteiger partial charge in [-0.25, -0.2) is 9.97 Å². The molecule has 0 saturated heterocycles. The van der Waals surface area contributed by atoms with Crippen molar-refractivity contribution in [3.8, 4) is 0 Å². The number of hydrogen-bond donors (Lipinski definition) is 2. The van der Waals surface area contributed by atoms with Crippen molar-refractivity contribution in [2.75, 3.05) is 54.4 Å². The highest BCUT2D eigenvalue weighted by molar-refractivity contribution is 5.99. The molecule has 2 N–H and O–H groups in total. The van der Waals surface area contributed by atoms with Crippen molar-refractivity contribution in [3.05, 3.63) is 143 Å². The Morgan fingerprint density at radius 3 is 0.789 bits per heavy atom. The number of rotatable bonds is 4. The lowest BCUT2D eigenvalue weighted by atomic mass is 10.0. The zero-order valence-corrected chi connectivity index (χ0v) is 36.2. The van der Waals surface area contributed by atoms with Crippen molar-refractivity contribution in [2.24, 2.45) is 0 Å². The average Bonchev–Trinajstić information content (AvgIpc) is 3.99. The summed E-state index contributed by atoms with van der Waals surface area (Å²) in [5, 5.41) is 0. The minimum Gasteiger partial charge on any atom is -0.377 e. The molecule has 0 atom stereocenters. The van der Waals surface area contributed by atoms with Crippen LogP contribution in [0.2, 0.25) is 0 Å². The Morgan fingerprint density at radius 1 is 0.368 bits per heavy atom. The molecule has 9 heterocycles. The van der Waals surface area contributed by atoms with E-state index in [1.54, 1.807) is 0 Å². The van der Waals surface area contributed by atoms with Gasteiger partial charge in [-0.1, -0.05) is 24.3 Å². The molecule has 0 unspecified atom stereocenters. The molecule has 6 aliphatic rings. The van der Waals surface area contributed by atoms with E-state index in [4.69, 9.17) is 9.97 Å². The van der Waals surface area contributed by atoms with Crippen LogP contribution in [-0.4, -0.2) is 93.9 Å². The molecule has 57 heavy (non-hydrogen) atoms. The number of aromatic nitrogens is 4. The summed E-state index contributed by atoms with van der Waals surface area (Å²) in [6.07, 6.45) is 35.2. The van der Waals surface area contributed by atoms with E-state index in [9.17, 15) is 0 Å². The van der Waals surface area contributed by atoms with Crippen LogP contribution in [0.15, 0.2) is 97.7 Å². The highest BCUT2D eigenvalue weighted by atomic mass is 35.5. The summed E-state index contributed by atoms with van der Waals surface area (Å²) >= 11 is 0. The van der Waals surface area contributed by atoms with E-state index >= 15 is 0 Å². The molecule has 0 fully saturated rings. The van der Waals surface area contributed by atoms with Crippen molar-refractivity contribution in [2.45, 2.75) is 0 Å². The first-order valence-electron chi connectivity index (χ1n) is 17.9. The smallest absolute Gasteiger partial charge is 0.0737 e. The molecule has 0 aliphatic carbocycles. The van der Waals surface area contributed by atoms with Crippen molar-refractivity contribution in [1.29, 1.82) is 0 Å². The summed E-state index contributed by atoms with van der Waals surface area (Å²) in [4.78, 5) is 27.3. The SMILES string of the molecule is CN1C=CC(c2c3nc(c(C4=CCN(C)C=C4)c4ccc([nH]4)c(C4=CCN(C)C=C4)c4nc(c(C5=CCN(C)C=C5)c5ccc2[nH]5)C=C4)C=C3)=CC1.Cl.Cl.Cl.Cl.Cl. The summed E-state index contributed by atoms with van der Waals surface area (Å²) in [5.74, 6) is 0. The second kappa shape index (κ2) is 18.6. The topological polar surface area (TPSA) is 70.3 Å². The van der Waals surface area contributed by atoms with Gasteiger partial charge >= 0.3 is 0 Å². The van der Waals surface area contributed by atoms with Crippen LogP contribution in [0.25, 0.3) is 68.7 Å². The molecule has 3 aromatic heterocycles. The second-order valence-electron chi connectivity index (χ2n) is 14.2. The molecule has 9 rings (SSSR count). The summed E-state index contributed by atoms with van der Waals surface area (Å²) in [7, 11) is 8.39. The van der Waals surface area contributed by atoms with Gasteiger partial charge in [0.15, 0.2) is 0 Å². The molecule has 0 spiro atoms. The molecule has 0 radical (unpaired) electrons. The molecule has 0 saturated carbocycles.